The van der Waals surface area contributed by atoms with Crippen LogP contribution in [-0.2, 0) is 4.79 Å². The average molecular weight is 352 g/mol. The lowest BCUT2D eigenvalue weighted by molar-refractivity contribution is -0.116. The Morgan fingerprint density at radius 3 is 2.57 bits per heavy atom. The predicted molar refractivity (Wildman–Crippen MR) is 91.7 cm³/mol. The first kappa shape index (κ1) is 17.3. The van der Waals surface area contributed by atoms with E-state index in [-0.39, 0.29) is 29.6 Å². The van der Waals surface area contributed by atoms with Crippen LogP contribution in [0.25, 0.3) is 0 Å². The molecule has 0 saturated heterocycles. The molecule has 1 amide bonds. The lowest BCUT2D eigenvalue weighted by Crippen LogP contribution is -2.13. The van der Waals surface area contributed by atoms with Gasteiger partial charge in [0.25, 0.3) is 0 Å². The van der Waals surface area contributed by atoms with Crippen molar-refractivity contribution in [1.29, 1.82) is 0 Å². The molecule has 0 atom stereocenters. The van der Waals surface area contributed by atoms with E-state index in [2.05, 4.69) is 5.32 Å². The third-order valence-electron chi connectivity index (χ3n) is 3.20. The highest BCUT2D eigenvalue weighted by molar-refractivity contribution is 6.44. The zero-order chi connectivity index (χ0) is 16.8. The van der Waals surface area contributed by atoms with Crippen molar-refractivity contribution in [3.05, 3.63) is 58.1 Å². The van der Waals surface area contributed by atoms with Crippen LogP contribution in [0.3, 0.4) is 0 Å². The Balaban J connectivity index is 1.93. The molecule has 0 heterocycles. The number of amides is 1. The van der Waals surface area contributed by atoms with Crippen LogP contribution >= 0.6 is 23.2 Å². The first-order valence-corrected chi connectivity index (χ1v) is 7.68. The smallest absolute Gasteiger partial charge is 0.224 e. The standard InChI is InChI=1S/C17H15Cl2NO3/c1-23-12-5-2-4-11(10-12)15(21)8-9-16(22)20-14-7-3-6-13(18)17(14)19/h2-7,10H,8-9H2,1H3,(H,20,22). The minimum absolute atomic E-state index is 0.0544. The molecule has 0 spiro atoms. The number of rotatable bonds is 6. The van der Waals surface area contributed by atoms with Gasteiger partial charge in [-0.05, 0) is 24.3 Å². The molecular weight excluding hydrogens is 337 g/mol. The summed E-state index contributed by atoms with van der Waals surface area (Å²) in [4.78, 5) is 24.1. The molecular formula is C17H15Cl2NO3. The molecule has 0 saturated carbocycles. The van der Waals surface area contributed by atoms with Crippen LogP contribution in [-0.4, -0.2) is 18.8 Å². The molecule has 120 valence electrons. The number of carbonyl (C=O) groups is 2. The summed E-state index contributed by atoms with van der Waals surface area (Å²) in [5, 5.41) is 3.29. The number of nitrogens with one attached hydrogen (secondary N) is 1. The van der Waals surface area contributed by atoms with Crippen molar-refractivity contribution in [2.45, 2.75) is 12.8 Å². The highest BCUT2D eigenvalue weighted by Gasteiger charge is 2.12. The van der Waals surface area contributed by atoms with E-state index in [9.17, 15) is 9.59 Å². The van der Waals surface area contributed by atoms with Crippen molar-refractivity contribution >= 4 is 40.6 Å². The van der Waals surface area contributed by atoms with Crippen molar-refractivity contribution in [3.63, 3.8) is 0 Å². The van der Waals surface area contributed by atoms with Crippen molar-refractivity contribution in [3.8, 4) is 5.75 Å². The molecule has 2 aromatic rings. The largest absolute Gasteiger partial charge is 0.497 e. The second kappa shape index (κ2) is 7.99. The Bertz CT molecular complexity index is 732. The summed E-state index contributed by atoms with van der Waals surface area (Å²) in [6.07, 6.45) is 0.149. The van der Waals surface area contributed by atoms with Gasteiger partial charge in [-0.1, -0.05) is 41.4 Å². The van der Waals surface area contributed by atoms with Gasteiger partial charge in [0, 0.05) is 18.4 Å². The normalized spacial score (nSPS) is 10.2. The van der Waals surface area contributed by atoms with Gasteiger partial charge >= 0.3 is 0 Å². The summed E-state index contributed by atoms with van der Waals surface area (Å²) in [7, 11) is 1.53. The van der Waals surface area contributed by atoms with E-state index in [1.54, 1.807) is 42.5 Å². The van der Waals surface area contributed by atoms with E-state index in [0.717, 1.165) is 0 Å². The van der Waals surface area contributed by atoms with E-state index in [0.29, 0.717) is 22.0 Å². The van der Waals surface area contributed by atoms with Gasteiger partial charge in [0.1, 0.15) is 5.75 Å². The molecule has 0 bridgehead atoms. The molecule has 0 unspecified atom stereocenters. The number of Topliss-reactive ketones (excluding diaryl/α,β-unsaturated/α-hetero) is 1. The lowest BCUT2D eigenvalue weighted by atomic mass is 10.1. The van der Waals surface area contributed by atoms with Gasteiger partial charge in [-0.3, -0.25) is 9.59 Å². The summed E-state index contributed by atoms with van der Waals surface area (Å²) in [6, 6.07) is 11.8. The first-order valence-electron chi connectivity index (χ1n) is 6.92. The maximum atomic E-state index is 12.1. The van der Waals surface area contributed by atoms with E-state index >= 15 is 0 Å². The number of hydrogen-bond donors (Lipinski definition) is 1. The van der Waals surface area contributed by atoms with Crippen molar-refractivity contribution in [1.82, 2.24) is 0 Å². The summed E-state index contributed by atoms with van der Waals surface area (Å²) >= 11 is 11.9. The molecule has 0 aliphatic carbocycles. The number of carbonyl (C=O) groups excluding carboxylic acids is 2. The van der Waals surface area contributed by atoms with E-state index in [1.807, 2.05) is 0 Å². The van der Waals surface area contributed by atoms with Crippen LogP contribution in [0.2, 0.25) is 10.0 Å². The molecule has 0 aromatic heterocycles. The molecule has 0 fully saturated rings. The lowest BCUT2D eigenvalue weighted by Gasteiger charge is -2.08. The topological polar surface area (TPSA) is 55.4 Å². The molecule has 0 aliphatic rings. The Labute approximate surface area is 144 Å². The molecule has 4 nitrogen and oxygen atoms in total. The quantitative estimate of drug-likeness (QED) is 0.773. The predicted octanol–water partition coefficient (Wildman–Crippen LogP) is 4.60. The minimum Gasteiger partial charge on any atom is -0.497 e. The second-order valence-electron chi connectivity index (χ2n) is 4.80. The Morgan fingerprint density at radius 1 is 1.09 bits per heavy atom. The number of ketones is 1. The third kappa shape index (κ3) is 4.71. The van der Waals surface area contributed by atoms with Crippen LogP contribution in [0.4, 0.5) is 5.69 Å². The third-order valence-corrected chi connectivity index (χ3v) is 4.02. The molecule has 0 aliphatic heterocycles. The molecule has 1 N–H and O–H groups in total. The molecule has 0 radical (unpaired) electrons. The number of halogens is 2. The number of benzene rings is 2. The summed E-state index contributed by atoms with van der Waals surface area (Å²) < 4.78 is 5.08. The summed E-state index contributed by atoms with van der Waals surface area (Å²) in [5.74, 6) is 0.174. The van der Waals surface area contributed by atoms with Crippen LogP contribution < -0.4 is 10.1 Å². The van der Waals surface area contributed by atoms with Gasteiger partial charge in [-0.2, -0.15) is 0 Å². The van der Waals surface area contributed by atoms with Gasteiger partial charge in [0.05, 0.1) is 22.8 Å². The Kier molecular flexibility index (Phi) is 6.02. The zero-order valence-electron chi connectivity index (χ0n) is 12.4. The van der Waals surface area contributed by atoms with Crippen LogP contribution in [0.5, 0.6) is 5.75 Å². The average Bonchev–Trinajstić information content (AvgIpc) is 2.57. The number of anilines is 1. The second-order valence-corrected chi connectivity index (χ2v) is 5.59. The molecule has 2 aromatic carbocycles. The fourth-order valence-electron chi connectivity index (χ4n) is 1.98. The van der Waals surface area contributed by atoms with Crippen molar-refractivity contribution in [2.75, 3.05) is 12.4 Å². The van der Waals surface area contributed by atoms with Crippen LogP contribution in [0, 0.1) is 0 Å². The molecule has 23 heavy (non-hydrogen) atoms. The van der Waals surface area contributed by atoms with Gasteiger partial charge in [-0.25, -0.2) is 0 Å². The SMILES string of the molecule is COc1cccc(C(=O)CCC(=O)Nc2cccc(Cl)c2Cl)c1. The molecule has 2 rings (SSSR count). The zero-order valence-corrected chi connectivity index (χ0v) is 13.9. The Morgan fingerprint density at radius 2 is 1.83 bits per heavy atom. The van der Waals surface area contributed by atoms with Crippen molar-refractivity contribution in [2.24, 2.45) is 0 Å². The highest BCUT2D eigenvalue weighted by atomic mass is 35.5. The van der Waals surface area contributed by atoms with E-state index in [1.165, 1.54) is 7.11 Å². The van der Waals surface area contributed by atoms with Crippen LogP contribution in [0.15, 0.2) is 42.5 Å². The van der Waals surface area contributed by atoms with Gasteiger partial charge < -0.3 is 10.1 Å². The van der Waals surface area contributed by atoms with Crippen LogP contribution in [0.1, 0.15) is 23.2 Å². The highest BCUT2D eigenvalue weighted by Crippen LogP contribution is 2.29. The fraction of sp³-hybridized carbons (Fsp3) is 0.176. The summed E-state index contributed by atoms with van der Waals surface area (Å²) in [5.41, 5.74) is 0.941. The first-order chi connectivity index (χ1) is 11.0. The van der Waals surface area contributed by atoms with Crippen molar-refractivity contribution < 1.29 is 14.3 Å². The number of ether oxygens (including phenoxy) is 1. The van der Waals surface area contributed by atoms with Gasteiger partial charge in [-0.15, -0.1) is 0 Å². The summed E-state index contributed by atoms with van der Waals surface area (Å²) in [6.45, 7) is 0. The van der Waals surface area contributed by atoms with Gasteiger partial charge in [0.2, 0.25) is 5.91 Å². The van der Waals surface area contributed by atoms with E-state index < -0.39 is 0 Å². The molecule has 6 heteroatoms. The fourth-order valence-corrected chi connectivity index (χ4v) is 2.33. The van der Waals surface area contributed by atoms with E-state index in [4.69, 9.17) is 27.9 Å². The van der Waals surface area contributed by atoms with Gasteiger partial charge in [0.15, 0.2) is 5.78 Å². The number of hydrogen-bond acceptors (Lipinski definition) is 3. The number of methoxy groups -OCH3 is 1. The maximum absolute atomic E-state index is 12.1. The minimum atomic E-state index is -0.301. The Hall–Kier alpha value is -2.04. The monoisotopic (exact) mass is 351 g/mol. The maximum Gasteiger partial charge on any atom is 0.224 e.